The van der Waals surface area contributed by atoms with Gasteiger partial charge in [-0.3, -0.25) is 0 Å². The lowest BCUT2D eigenvalue weighted by molar-refractivity contribution is 0.269. The van der Waals surface area contributed by atoms with Gasteiger partial charge in [-0.25, -0.2) is 15.8 Å². The smallest absolute Gasteiger partial charge is 0.148 e. The molecule has 1 heterocycles. The van der Waals surface area contributed by atoms with Gasteiger partial charge in [0.1, 0.15) is 18.0 Å². The van der Waals surface area contributed by atoms with Crippen LogP contribution in [0.2, 0.25) is 0 Å². The van der Waals surface area contributed by atoms with E-state index in [0.717, 1.165) is 30.8 Å². The average molecular weight is 265 g/mol. The van der Waals surface area contributed by atoms with Crippen molar-refractivity contribution in [2.24, 2.45) is 17.2 Å². The molecule has 5 heteroatoms. The van der Waals surface area contributed by atoms with Crippen LogP contribution in [0.15, 0.2) is 6.33 Å². The van der Waals surface area contributed by atoms with Gasteiger partial charge < -0.3 is 10.7 Å². The third-order valence-electron chi connectivity index (χ3n) is 3.86. The number of nitrogen functional groups attached to an aromatic ring is 1. The van der Waals surface area contributed by atoms with Crippen molar-refractivity contribution in [2.45, 2.75) is 47.5 Å². The molecule has 0 aromatic carbocycles. The van der Waals surface area contributed by atoms with Crippen LogP contribution in [0.4, 0.5) is 11.6 Å². The van der Waals surface area contributed by atoms with Crippen LogP contribution >= 0.6 is 0 Å². The number of hydrazine groups is 1. The summed E-state index contributed by atoms with van der Waals surface area (Å²) in [5, 5.41) is 3.45. The maximum atomic E-state index is 5.51. The van der Waals surface area contributed by atoms with Crippen molar-refractivity contribution < 1.29 is 0 Å². The molecule has 4 N–H and O–H groups in total. The number of hydrogen-bond donors (Lipinski definition) is 3. The molecule has 1 aromatic heterocycles. The van der Waals surface area contributed by atoms with Crippen LogP contribution in [0.5, 0.6) is 0 Å². The molecule has 0 unspecified atom stereocenters. The third-order valence-corrected chi connectivity index (χ3v) is 3.86. The van der Waals surface area contributed by atoms with Crippen LogP contribution in [-0.2, 0) is 6.42 Å². The molecule has 5 nitrogen and oxygen atoms in total. The molecule has 108 valence electrons. The summed E-state index contributed by atoms with van der Waals surface area (Å²) in [6, 6.07) is 0. The topological polar surface area (TPSA) is 75.9 Å². The molecule has 1 aromatic rings. The molecule has 1 rings (SSSR count). The van der Waals surface area contributed by atoms with Crippen LogP contribution in [0.25, 0.3) is 0 Å². The van der Waals surface area contributed by atoms with E-state index in [2.05, 4.69) is 55.3 Å². The van der Waals surface area contributed by atoms with Crippen LogP contribution in [0, 0.1) is 11.3 Å². The van der Waals surface area contributed by atoms with E-state index in [9.17, 15) is 0 Å². The van der Waals surface area contributed by atoms with Crippen LogP contribution < -0.4 is 16.6 Å². The van der Waals surface area contributed by atoms with Crippen molar-refractivity contribution in [1.29, 1.82) is 0 Å². The Morgan fingerprint density at radius 1 is 1.26 bits per heavy atom. The normalized spacial score (nSPS) is 11.7. The van der Waals surface area contributed by atoms with E-state index in [1.165, 1.54) is 0 Å². The van der Waals surface area contributed by atoms with E-state index in [1.807, 2.05) is 0 Å². The van der Waals surface area contributed by atoms with Crippen LogP contribution in [0.1, 0.15) is 46.6 Å². The Hall–Kier alpha value is -1.36. The zero-order valence-electron chi connectivity index (χ0n) is 12.7. The first kappa shape index (κ1) is 15.7. The highest BCUT2D eigenvalue weighted by Gasteiger charge is 2.22. The number of anilines is 2. The summed E-state index contributed by atoms with van der Waals surface area (Å²) in [4.78, 5) is 8.52. The fourth-order valence-corrected chi connectivity index (χ4v) is 1.69. The first-order chi connectivity index (χ1) is 8.92. The second-order valence-electron chi connectivity index (χ2n) is 5.94. The zero-order chi connectivity index (χ0) is 14.5. The number of nitrogens with two attached hydrogens (primary N) is 1. The Balaban J connectivity index is 2.88. The first-order valence-corrected chi connectivity index (χ1v) is 6.96. The summed E-state index contributed by atoms with van der Waals surface area (Å²) in [7, 11) is 0. The van der Waals surface area contributed by atoms with E-state index in [-0.39, 0.29) is 5.41 Å². The zero-order valence-corrected chi connectivity index (χ0v) is 12.7. The van der Waals surface area contributed by atoms with E-state index in [0.29, 0.717) is 11.7 Å². The van der Waals surface area contributed by atoms with Gasteiger partial charge in [0.25, 0.3) is 0 Å². The lowest BCUT2D eigenvalue weighted by Crippen LogP contribution is -2.29. The predicted octanol–water partition coefficient (Wildman–Crippen LogP) is 2.81. The van der Waals surface area contributed by atoms with Gasteiger partial charge in [-0.1, -0.05) is 41.0 Å². The lowest BCUT2D eigenvalue weighted by Gasteiger charge is -2.30. The Bertz CT molecular complexity index is 401. The maximum Gasteiger partial charge on any atom is 0.148 e. The van der Waals surface area contributed by atoms with Crippen LogP contribution in [0.3, 0.4) is 0 Å². The van der Waals surface area contributed by atoms with Crippen molar-refractivity contribution in [3.63, 3.8) is 0 Å². The van der Waals surface area contributed by atoms with Crippen molar-refractivity contribution in [3.05, 3.63) is 11.9 Å². The number of aromatic nitrogens is 2. The highest BCUT2D eigenvalue weighted by atomic mass is 15.3. The monoisotopic (exact) mass is 265 g/mol. The second kappa shape index (κ2) is 6.70. The summed E-state index contributed by atoms with van der Waals surface area (Å²) in [5.41, 5.74) is 3.92. The quantitative estimate of drug-likeness (QED) is 0.522. The molecule has 0 amide bonds. The van der Waals surface area contributed by atoms with Gasteiger partial charge in [-0.05, 0) is 17.8 Å². The van der Waals surface area contributed by atoms with E-state index >= 15 is 0 Å². The summed E-state index contributed by atoms with van der Waals surface area (Å²) in [5.74, 6) is 7.71. The standard InChI is InChI=1S/C14H27N5/c1-6-7-11-12(17-9-18-13(11)19-15)16-8-14(4,5)10(2)3/h9-10H,6-8,15H2,1-5H3,(H2,16,17,18,19). The molecule has 0 aliphatic carbocycles. The Morgan fingerprint density at radius 2 is 1.89 bits per heavy atom. The molecule has 0 saturated heterocycles. The second-order valence-corrected chi connectivity index (χ2v) is 5.94. The van der Waals surface area contributed by atoms with Gasteiger partial charge >= 0.3 is 0 Å². The van der Waals surface area contributed by atoms with Gasteiger partial charge in [0.15, 0.2) is 0 Å². The summed E-state index contributed by atoms with van der Waals surface area (Å²) >= 11 is 0. The van der Waals surface area contributed by atoms with E-state index < -0.39 is 0 Å². The Morgan fingerprint density at radius 3 is 2.42 bits per heavy atom. The molecule has 0 saturated carbocycles. The minimum Gasteiger partial charge on any atom is -0.369 e. The predicted molar refractivity (Wildman–Crippen MR) is 80.9 cm³/mol. The third kappa shape index (κ3) is 4.06. The van der Waals surface area contributed by atoms with Crippen molar-refractivity contribution in [3.8, 4) is 0 Å². The molecule has 0 aliphatic heterocycles. The maximum absolute atomic E-state index is 5.51. The summed E-state index contributed by atoms with van der Waals surface area (Å²) in [6.45, 7) is 12.0. The minimum absolute atomic E-state index is 0.213. The van der Waals surface area contributed by atoms with Crippen LogP contribution in [-0.4, -0.2) is 16.5 Å². The molecule has 0 fully saturated rings. The van der Waals surface area contributed by atoms with Crippen molar-refractivity contribution in [2.75, 3.05) is 17.3 Å². The molecule has 0 atom stereocenters. The van der Waals surface area contributed by atoms with Gasteiger partial charge in [0, 0.05) is 12.1 Å². The highest BCUT2D eigenvalue weighted by molar-refractivity contribution is 5.56. The molecular weight excluding hydrogens is 238 g/mol. The highest BCUT2D eigenvalue weighted by Crippen LogP contribution is 2.28. The largest absolute Gasteiger partial charge is 0.369 e. The van der Waals surface area contributed by atoms with Gasteiger partial charge in [-0.15, -0.1) is 0 Å². The molecule has 0 radical (unpaired) electrons. The van der Waals surface area contributed by atoms with E-state index in [4.69, 9.17) is 5.84 Å². The SMILES string of the molecule is CCCc1c(NN)ncnc1NCC(C)(C)C(C)C. The summed E-state index contributed by atoms with van der Waals surface area (Å²) < 4.78 is 0. The molecule has 19 heavy (non-hydrogen) atoms. The Labute approximate surface area is 116 Å². The lowest BCUT2D eigenvalue weighted by atomic mass is 9.81. The van der Waals surface area contributed by atoms with E-state index in [1.54, 1.807) is 6.33 Å². The fraction of sp³-hybridized carbons (Fsp3) is 0.714. The molecule has 0 bridgehead atoms. The summed E-state index contributed by atoms with van der Waals surface area (Å²) in [6.07, 6.45) is 3.48. The molecular formula is C14H27N5. The fourth-order valence-electron chi connectivity index (χ4n) is 1.69. The van der Waals surface area contributed by atoms with Crippen molar-refractivity contribution in [1.82, 2.24) is 9.97 Å². The number of nitrogens with zero attached hydrogens (tertiary/aromatic N) is 2. The first-order valence-electron chi connectivity index (χ1n) is 6.96. The molecule has 0 aliphatic rings. The number of hydrogen-bond acceptors (Lipinski definition) is 5. The van der Waals surface area contributed by atoms with Crippen molar-refractivity contribution >= 4 is 11.6 Å². The number of rotatable bonds is 7. The van der Waals surface area contributed by atoms with Gasteiger partial charge in [0.2, 0.25) is 0 Å². The van der Waals surface area contributed by atoms with Gasteiger partial charge in [-0.2, -0.15) is 0 Å². The average Bonchev–Trinajstić information content (AvgIpc) is 2.37. The molecule has 0 spiro atoms. The van der Waals surface area contributed by atoms with Gasteiger partial charge in [0.05, 0.1) is 0 Å². The number of nitrogens with one attached hydrogen (secondary N) is 2. The minimum atomic E-state index is 0.213. The Kier molecular flexibility index (Phi) is 5.54.